The van der Waals surface area contributed by atoms with E-state index in [0.717, 1.165) is 11.3 Å². The van der Waals surface area contributed by atoms with Gasteiger partial charge in [-0.2, -0.15) is 0 Å². The van der Waals surface area contributed by atoms with Crippen molar-refractivity contribution in [3.8, 4) is 5.75 Å². The Bertz CT molecular complexity index is 862. The van der Waals surface area contributed by atoms with Crippen LogP contribution in [0.25, 0.3) is 0 Å². The normalized spacial score (nSPS) is 10.6. The molecule has 25 heavy (non-hydrogen) atoms. The van der Waals surface area contributed by atoms with Gasteiger partial charge in [-0.1, -0.05) is 54.2 Å². The molecule has 0 aliphatic heterocycles. The Morgan fingerprint density at radius 1 is 1.08 bits per heavy atom. The van der Waals surface area contributed by atoms with Crippen molar-refractivity contribution in [3.05, 3.63) is 71.1 Å². The van der Waals surface area contributed by atoms with Crippen molar-refractivity contribution in [3.63, 3.8) is 0 Å². The van der Waals surface area contributed by atoms with Crippen molar-refractivity contribution in [2.45, 2.75) is 25.7 Å². The number of carbonyl (C=O) groups is 1. The molecule has 0 spiro atoms. The van der Waals surface area contributed by atoms with Gasteiger partial charge < -0.3 is 9.15 Å². The van der Waals surface area contributed by atoms with Crippen molar-refractivity contribution in [2.24, 2.45) is 0 Å². The van der Waals surface area contributed by atoms with E-state index in [1.54, 1.807) is 12.1 Å². The van der Waals surface area contributed by atoms with Gasteiger partial charge in [-0.3, -0.25) is 4.79 Å². The minimum atomic E-state index is 0.0250. The summed E-state index contributed by atoms with van der Waals surface area (Å²) in [7, 11) is 0. The number of thioether (sulfide) groups is 1. The lowest BCUT2D eigenvalue weighted by Gasteiger charge is -2.08. The van der Waals surface area contributed by atoms with Crippen LogP contribution >= 0.6 is 11.8 Å². The average Bonchev–Trinajstić information content (AvgIpc) is 3.09. The van der Waals surface area contributed by atoms with Crippen molar-refractivity contribution < 1.29 is 13.9 Å². The van der Waals surface area contributed by atoms with Crippen LogP contribution in [0.15, 0.2) is 58.2 Å². The summed E-state index contributed by atoms with van der Waals surface area (Å²) in [6, 6.07) is 15.0. The molecule has 6 heteroatoms. The quantitative estimate of drug-likeness (QED) is 0.467. The SMILES string of the molecule is Cc1cccc(OCc2nnc(SCC(=O)c3ccccc3)o2)c1C. The molecule has 0 radical (unpaired) electrons. The molecule has 0 amide bonds. The van der Waals surface area contributed by atoms with Crippen LogP contribution in [0.4, 0.5) is 0 Å². The lowest BCUT2D eigenvalue weighted by Crippen LogP contribution is -2.01. The Morgan fingerprint density at radius 2 is 1.88 bits per heavy atom. The number of Topliss-reactive ketones (excluding diaryl/α,β-unsaturated/α-hetero) is 1. The number of benzene rings is 2. The molecule has 1 aromatic heterocycles. The highest BCUT2D eigenvalue weighted by Gasteiger charge is 2.12. The number of hydrogen-bond donors (Lipinski definition) is 0. The summed E-state index contributed by atoms with van der Waals surface area (Å²) in [6.45, 7) is 4.24. The van der Waals surface area contributed by atoms with Gasteiger partial charge in [0.2, 0.25) is 0 Å². The number of aryl methyl sites for hydroxylation is 1. The van der Waals surface area contributed by atoms with Crippen LogP contribution in [-0.4, -0.2) is 21.7 Å². The summed E-state index contributed by atoms with van der Waals surface area (Å²) < 4.78 is 11.3. The van der Waals surface area contributed by atoms with Crippen LogP contribution in [0.3, 0.4) is 0 Å². The predicted octanol–water partition coefficient (Wildman–Crippen LogP) is 4.24. The fraction of sp³-hybridized carbons (Fsp3) is 0.211. The lowest BCUT2D eigenvalue weighted by atomic mass is 10.1. The van der Waals surface area contributed by atoms with Crippen LogP contribution in [0.2, 0.25) is 0 Å². The summed E-state index contributed by atoms with van der Waals surface area (Å²) in [5.41, 5.74) is 2.93. The molecule has 0 N–H and O–H groups in total. The maximum atomic E-state index is 12.1. The summed E-state index contributed by atoms with van der Waals surface area (Å²) in [5, 5.41) is 8.27. The van der Waals surface area contributed by atoms with Gasteiger partial charge in [0.25, 0.3) is 11.1 Å². The third-order valence-electron chi connectivity index (χ3n) is 3.78. The highest BCUT2D eigenvalue weighted by molar-refractivity contribution is 7.99. The fourth-order valence-electron chi connectivity index (χ4n) is 2.21. The fourth-order valence-corrected chi connectivity index (χ4v) is 2.88. The maximum absolute atomic E-state index is 12.1. The van der Waals surface area contributed by atoms with Gasteiger partial charge in [-0.25, -0.2) is 0 Å². The Balaban J connectivity index is 1.54. The largest absolute Gasteiger partial charge is 0.484 e. The molecule has 3 rings (SSSR count). The van der Waals surface area contributed by atoms with E-state index in [2.05, 4.69) is 10.2 Å². The van der Waals surface area contributed by atoms with Gasteiger partial charge in [-0.15, -0.1) is 10.2 Å². The number of ether oxygens (including phenoxy) is 1. The summed E-state index contributed by atoms with van der Waals surface area (Å²) >= 11 is 1.23. The maximum Gasteiger partial charge on any atom is 0.277 e. The Morgan fingerprint density at radius 3 is 2.68 bits per heavy atom. The summed E-state index contributed by atoms with van der Waals surface area (Å²) in [5.74, 6) is 1.46. The smallest absolute Gasteiger partial charge is 0.277 e. The minimum absolute atomic E-state index is 0.0250. The van der Waals surface area contributed by atoms with E-state index in [9.17, 15) is 4.79 Å². The molecule has 0 saturated carbocycles. The molecule has 0 saturated heterocycles. The lowest BCUT2D eigenvalue weighted by molar-refractivity contribution is 0.102. The van der Waals surface area contributed by atoms with E-state index in [0.29, 0.717) is 16.7 Å². The molecule has 1 heterocycles. The van der Waals surface area contributed by atoms with Crippen molar-refractivity contribution in [1.29, 1.82) is 0 Å². The number of rotatable bonds is 7. The first-order valence-electron chi connectivity index (χ1n) is 7.86. The second-order valence-electron chi connectivity index (χ2n) is 5.53. The highest BCUT2D eigenvalue weighted by atomic mass is 32.2. The minimum Gasteiger partial charge on any atom is -0.484 e. The van der Waals surface area contributed by atoms with Crippen molar-refractivity contribution in [2.75, 3.05) is 5.75 Å². The zero-order valence-electron chi connectivity index (χ0n) is 14.1. The molecule has 128 valence electrons. The number of nitrogens with zero attached hydrogens (tertiary/aromatic N) is 2. The third-order valence-corrected chi connectivity index (χ3v) is 4.60. The third kappa shape index (κ3) is 4.48. The number of aromatic nitrogens is 2. The van der Waals surface area contributed by atoms with E-state index < -0.39 is 0 Å². The van der Waals surface area contributed by atoms with Gasteiger partial charge in [0.15, 0.2) is 12.4 Å². The molecular weight excluding hydrogens is 336 g/mol. The topological polar surface area (TPSA) is 65.2 Å². The molecule has 0 aliphatic carbocycles. The molecule has 0 bridgehead atoms. The number of hydrogen-bond acceptors (Lipinski definition) is 6. The summed E-state index contributed by atoms with van der Waals surface area (Å²) in [4.78, 5) is 12.1. The van der Waals surface area contributed by atoms with Gasteiger partial charge >= 0.3 is 0 Å². The second-order valence-corrected chi connectivity index (χ2v) is 6.45. The van der Waals surface area contributed by atoms with Crippen LogP contribution in [0, 0.1) is 13.8 Å². The van der Waals surface area contributed by atoms with Gasteiger partial charge in [0, 0.05) is 5.56 Å². The second kappa shape index (κ2) is 7.98. The van der Waals surface area contributed by atoms with E-state index in [1.165, 1.54) is 17.3 Å². The van der Waals surface area contributed by atoms with Crippen molar-refractivity contribution >= 4 is 17.5 Å². The van der Waals surface area contributed by atoms with E-state index in [1.807, 2.05) is 50.2 Å². The highest BCUT2D eigenvalue weighted by Crippen LogP contribution is 2.22. The molecular formula is C19H18N2O3S. The van der Waals surface area contributed by atoms with Crippen LogP contribution < -0.4 is 4.74 Å². The molecule has 0 aliphatic rings. The summed E-state index contributed by atoms with van der Waals surface area (Å²) in [6.07, 6.45) is 0. The van der Waals surface area contributed by atoms with Gasteiger partial charge in [0.1, 0.15) is 5.75 Å². The van der Waals surface area contributed by atoms with E-state index in [4.69, 9.17) is 9.15 Å². The molecule has 2 aromatic carbocycles. The Kier molecular flexibility index (Phi) is 5.50. The Hall–Kier alpha value is -2.60. The zero-order valence-corrected chi connectivity index (χ0v) is 14.9. The van der Waals surface area contributed by atoms with E-state index in [-0.39, 0.29) is 18.1 Å². The van der Waals surface area contributed by atoms with E-state index >= 15 is 0 Å². The first-order chi connectivity index (χ1) is 12.1. The zero-order chi connectivity index (χ0) is 17.6. The molecule has 0 unspecified atom stereocenters. The molecule has 0 atom stereocenters. The number of ketones is 1. The molecule has 5 nitrogen and oxygen atoms in total. The van der Waals surface area contributed by atoms with Crippen LogP contribution in [0.1, 0.15) is 27.4 Å². The van der Waals surface area contributed by atoms with Crippen LogP contribution in [0.5, 0.6) is 5.75 Å². The first-order valence-corrected chi connectivity index (χ1v) is 8.84. The standard InChI is InChI=1S/C19H18N2O3S/c1-13-7-6-10-17(14(13)2)23-11-18-20-21-19(24-18)25-12-16(22)15-8-4-3-5-9-15/h3-10H,11-12H2,1-2H3. The number of carbonyl (C=O) groups excluding carboxylic acids is 1. The monoisotopic (exact) mass is 354 g/mol. The first kappa shape index (κ1) is 17.2. The van der Waals surface area contributed by atoms with Crippen LogP contribution in [-0.2, 0) is 6.61 Å². The predicted molar refractivity (Wildman–Crippen MR) is 96.0 cm³/mol. The molecule has 0 fully saturated rings. The van der Waals surface area contributed by atoms with Gasteiger partial charge in [0.05, 0.1) is 5.75 Å². The average molecular weight is 354 g/mol. The van der Waals surface area contributed by atoms with Crippen molar-refractivity contribution in [1.82, 2.24) is 10.2 Å². The molecule has 3 aromatic rings. The Labute approximate surface area is 150 Å². The van der Waals surface area contributed by atoms with Gasteiger partial charge in [-0.05, 0) is 31.0 Å².